The molecule has 12 nitrogen and oxygen atoms in total. The Morgan fingerprint density at radius 3 is 0.688 bits per heavy atom. The van der Waals surface area contributed by atoms with Gasteiger partial charge in [-0.05, 0) is 0 Å². The fourth-order valence-electron chi connectivity index (χ4n) is 0. The van der Waals surface area contributed by atoms with E-state index >= 15 is 0 Å². The molecule has 0 saturated heterocycles. The molecule has 0 N–H and O–H groups in total. The third-order valence-corrected chi connectivity index (χ3v) is 0. The second-order valence-corrected chi connectivity index (χ2v) is 2.55. The third-order valence-electron chi connectivity index (χ3n) is 0. The molecule has 0 atom stereocenters. The van der Waals surface area contributed by atoms with Crippen LogP contribution in [-0.4, -0.2) is 32.6 Å². The van der Waals surface area contributed by atoms with E-state index in [1.54, 1.807) is 0 Å². The number of hydrogen-bond acceptors (Lipinski definition) is 9. The summed E-state index contributed by atoms with van der Waals surface area (Å²) in [5.74, 6) is 0. The summed E-state index contributed by atoms with van der Waals surface area (Å²) in [4.78, 5) is 24.8. The monoisotopic (exact) mass is 339 g/mol. The topological polar surface area (TPSA) is 199 Å². The standard InChI is InChI=1S/Al.2ClH.Fe.3NO3/c;;;;3*2-1(3)4/h;2*1H;;;;/q+3;;;+2;3*-1/p-2. The molecule has 0 aromatic heterocycles. The summed E-state index contributed by atoms with van der Waals surface area (Å²) in [6.07, 6.45) is 0. The molecular formula is AlCl2FeN3O9. The van der Waals surface area contributed by atoms with Crippen LogP contribution < -0.4 is 0 Å². The van der Waals surface area contributed by atoms with Gasteiger partial charge in [-0.2, -0.15) is 0 Å². The first-order valence-electron chi connectivity index (χ1n) is 1.91. The van der Waals surface area contributed by atoms with E-state index in [1.807, 2.05) is 0 Å². The van der Waals surface area contributed by atoms with Gasteiger partial charge in [0, 0.05) is 0 Å². The van der Waals surface area contributed by atoms with Crippen LogP contribution in [0.15, 0.2) is 0 Å². The number of nitrogens with zero attached hydrogens (tertiary/aromatic N) is 3. The minimum atomic E-state index is -1.75. The van der Waals surface area contributed by atoms with Crippen LogP contribution in [0.3, 0.4) is 0 Å². The van der Waals surface area contributed by atoms with Crippen LogP contribution in [0.5, 0.6) is 0 Å². The third kappa shape index (κ3) is 3360. The molecule has 0 spiro atoms. The second kappa shape index (κ2) is 29.2. The molecule has 0 heterocycles. The summed E-state index contributed by atoms with van der Waals surface area (Å²) in [5.41, 5.74) is 0. The minimum absolute atomic E-state index is 0. The molecule has 0 bridgehead atoms. The Labute approximate surface area is 112 Å². The van der Waals surface area contributed by atoms with Crippen molar-refractivity contribution in [3.8, 4) is 0 Å². The van der Waals surface area contributed by atoms with Crippen LogP contribution in [0, 0.1) is 46.0 Å². The SMILES string of the molecule is O=[N+]([O-])[O-].O=[N+]([O-])[O-].O=[N+]([O-])[O-].[Al+3].[Cl][Fe][Cl]. The molecule has 0 fully saturated rings. The quantitative estimate of drug-likeness (QED) is 0.337. The number of hydrogen-bond donors (Lipinski definition) is 0. The molecule has 16 heteroatoms. The summed E-state index contributed by atoms with van der Waals surface area (Å²) in [7, 11) is 9.53. The normalized spacial score (nSPS) is 5.88. The van der Waals surface area contributed by atoms with Crippen molar-refractivity contribution in [3.63, 3.8) is 0 Å². The molecule has 0 saturated carbocycles. The van der Waals surface area contributed by atoms with E-state index in [1.165, 1.54) is 0 Å². The zero-order valence-electron chi connectivity index (χ0n) is 6.70. The fraction of sp³-hybridized carbons (Fsp3) is 0. The van der Waals surface area contributed by atoms with Gasteiger partial charge in [-0.15, -0.1) is 0 Å². The first kappa shape index (κ1) is 29.5. The zero-order chi connectivity index (χ0) is 13.4. The Morgan fingerprint density at radius 2 is 0.688 bits per heavy atom. The van der Waals surface area contributed by atoms with E-state index in [4.69, 9.17) is 66.2 Å². The van der Waals surface area contributed by atoms with Crippen molar-refractivity contribution >= 4 is 37.6 Å². The summed E-state index contributed by atoms with van der Waals surface area (Å²) in [5, 5.41) is 44.2. The van der Waals surface area contributed by atoms with E-state index in [9.17, 15) is 0 Å². The summed E-state index contributed by atoms with van der Waals surface area (Å²) < 4.78 is 0. The molecule has 0 aliphatic carbocycles. The van der Waals surface area contributed by atoms with E-state index in [2.05, 4.69) is 0 Å². The predicted octanol–water partition coefficient (Wildman–Crippen LogP) is 0.278. The van der Waals surface area contributed by atoms with Crippen LogP contribution in [0.1, 0.15) is 0 Å². The van der Waals surface area contributed by atoms with Crippen molar-refractivity contribution in [3.05, 3.63) is 46.0 Å². The van der Waals surface area contributed by atoms with Crippen LogP contribution in [0.25, 0.3) is 0 Å². The van der Waals surface area contributed by atoms with Gasteiger partial charge in [0.05, 0.1) is 15.3 Å². The Bertz CT molecular complexity index is 138. The maximum absolute atomic E-state index is 8.25. The molecule has 0 rings (SSSR count). The Morgan fingerprint density at radius 1 is 0.688 bits per heavy atom. The summed E-state index contributed by atoms with van der Waals surface area (Å²) in [6, 6.07) is 0. The van der Waals surface area contributed by atoms with Crippen molar-refractivity contribution in [1.82, 2.24) is 0 Å². The number of halogens is 2. The number of rotatable bonds is 0. The summed E-state index contributed by atoms with van der Waals surface area (Å²) >= 11 is 0.194. The van der Waals surface area contributed by atoms with Crippen LogP contribution in [0.2, 0.25) is 0 Å². The van der Waals surface area contributed by atoms with Gasteiger partial charge in [0.15, 0.2) is 0 Å². The molecule has 0 aliphatic rings. The molecule has 0 radical (unpaired) electrons. The predicted molar refractivity (Wildman–Crippen MR) is 48.5 cm³/mol. The second-order valence-electron chi connectivity index (χ2n) is 0.721. The van der Waals surface area contributed by atoms with Crippen LogP contribution >= 0.6 is 20.2 Å². The van der Waals surface area contributed by atoms with Gasteiger partial charge >= 0.3 is 50.7 Å². The average Bonchev–Trinajstić information content (AvgIpc) is 1.81. The van der Waals surface area contributed by atoms with E-state index in [-0.39, 0.29) is 30.5 Å². The van der Waals surface area contributed by atoms with Crippen molar-refractivity contribution in [2.24, 2.45) is 0 Å². The Balaban J connectivity index is -0.0000000331. The molecule has 0 aromatic carbocycles. The molecule has 16 heavy (non-hydrogen) atoms. The van der Waals surface area contributed by atoms with Gasteiger partial charge < -0.3 is 46.0 Å². The molecule has 0 unspecified atom stereocenters. The zero-order valence-corrected chi connectivity index (χ0v) is 10.5. The van der Waals surface area contributed by atoms with Crippen molar-refractivity contribution in [2.45, 2.75) is 0 Å². The average molecular weight is 340 g/mol. The molecule has 0 aliphatic heterocycles. The Kier molecular flexibility index (Phi) is 53.8. The molecular weight excluding hydrogens is 340 g/mol. The van der Waals surface area contributed by atoms with Crippen molar-refractivity contribution < 1.29 is 28.4 Å². The fourth-order valence-corrected chi connectivity index (χ4v) is 0. The van der Waals surface area contributed by atoms with E-state index in [0.29, 0.717) is 0 Å². The van der Waals surface area contributed by atoms with Gasteiger partial charge in [-0.3, -0.25) is 0 Å². The van der Waals surface area contributed by atoms with E-state index < -0.39 is 15.3 Å². The molecule has 0 amide bonds. The van der Waals surface area contributed by atoms with Crippen LogP contribution in [-0.2, 0) is 13.1 Å². The first-order valence-corrected chi connectivity index (χ1v) is 4.95. The van der Waals surface area contributed by atoms with Gasteiger partial charge in [-0.1, -0.05) is 0 Å². The van der Waals surface area contributed by atoms with E-state index in [0.717, 1.165) is 0 Å². The first-order chi connectivity index (χ1) is 6.61. The molecule has 0 aromatic rings. The van der Waals surface area contributed by atoms with Gasteiger partial charge in [0.1, 0.15) is 0 Å². The van der Waals surface area contributed by atoms with Gasteiger partial charge in [0.2, 0.25) is 0 Å². The van der Waals surface area contributed by atoms with Crippen LogP contribution in [0.4, 0.5) is 0 Å². The Hall–Kier alpha value is -0.768. The summed E-state index contributed by atoms with van der Waals surface area (Å²) in [6.45, 7) is 0. The van der Waals surface area contributed by atoms with Crippen molar-refractivity contribution in [2.75, 3.05) is 0 Å². The van der Waals surface area contributed by atoms with Gasteiger partial charge in [-0.25, -0.2) is 0 Å². The van der Waals surface area contributed by atoms with Gasteiger partial charge in [0.25, 0.3) is 0 Å². The van der Waals surface area contributed by atoms with Crippen molar-refractivity contribution in [1.29, 1.82) is 0 Å². The molecule has 94 valence electrons. The maximum atomic E-state index is 8.25.